The van der Waals surface area contributed by atoms with Crippen LogP contribution in [-0.2, 0) is 9.53 Å². The van der Waals surface area contributed by atoms with Gasteiger partial charge in [0.25, 0.3) is 0 Å². The molecule has 0 aromatic heterocycles. The minimum atomic E-state index is -0.277. The van der Waals surface area contributed by atoms with Gasteiger partial charge in [-0.15, -0.1) is 0 Å². The summed E-state index contributed by atoms with van der Waals surface area (Å²) in [5.41, 5.74) is 0. The van der Waals surface area contributed by atoms with Crippen LogP contribution in [0.25, 0.3) is 0 Å². The van der Waals surface area contributed by atoms with Crippen LogP contribution < -0.4 is 0 Å². The molecule has 0 unspecified atom stereocenters. The second kappa shape index (κ2) is 9.85. The van der Waals surface area contributed by atoms with Gasteiger partial charge >= 0.3 is 5.97 Å². The largest absolute Gasteiger partial charge is 0.434 e. The molecule has 0 amide bonds. The highest BCUT2D eigenvalue weighted by molar-refractivity contribution is 5.71. The molecule has 0 aromatic rings. The third-order valence-corrected chi connectivity index (χ3v) is 1.92. The lowest BCUT2D eigenvalue weighted by atomic mass is 10.3. The molecular weight excluding hydrogens is 224 g/mol. The van der Waals surface area contributed by atoms with E-state index < -0.39 is 0 Å². The van der Waals surface area contributed by atoms with Crippen molar-refractivity contribution in [2.24, 2.45) is 0 Å². The van der Waals surface area contributed by atoms with Crippen LogP contribution in [0.1, 0.15) is 6.42 Å². The zero-order chi connectivity index (χ0) is 12.9. The maximum Gasteiger partial charge on any atom is 0.314 e. The lowest BCUT2D eigenvalue weighted by Gasteiger charge is -1.92. The topological polar surface area (TPSA) is 26.3 Å². The van der Waals surface area contributed by atoms with Crippen molar-refractivity contribution >= 4 is 5.97 Å². The first-order valence-corrected chi connectivity index (χ1v) is 5.74. The quantitative estimate of drug-likeness (QED) is 0.602. The van der Waals surface area contributed by atoms with Crippen LogP contribution in [0.15, 0.2) is 85.3 Å². The molecule has 2 nitrogen and oxygen atoms in total. The summed E-state index contributed by atoms with van der Waals surface area (Å²) < 4.78 is 4.87. The number of hydrogen-bond acceptors (Lipinski definition) is 2. The number of esters is 1. The van der Waals surface area contributed by atoms with Gasteiger partial charge < -0.3 is 4.74 Å². The molecule has 0 spiro atoms. The SMILES string of the molecule is O=C1C/C=C/C=C/C=C\C=C\C=C\C=C\C=C/O1. The van der Waals surface area contributed by atoms with Crippen LogP contribution in [0.5, 0.6) is 0 Å². The van der Waals surface area contributed by atoms with Gasteiger partial charge in [0.15, 0.2) is 0 Å². The van der Waals surface area contributed by atoms with Crippen molar-refractivity contribution in [3.05, 3.63) is 85.3 Å². The second-order valence-electron chi connectivity index (χ2n) is 3.38. The Kier molecular flexibility index (Phi) is 7.50. The molecule has 0 aromatic carbocycles. The lowest BCUT2D eigenvalue weighted by molar-refractivity contribution is -0.136. The standard InChI is InChI=1S/C16H16O2/c17-16-14-12-10-8-6-4-2-1-3-5-7-9-11-13-15-18-16/h1-13,15H,14H2/b3-1+,4-2-,7-5+,8-6+,11-9+,12-10+,15-13-. The van der Waals surface area contributed by atoms with Crippen LogP contribution in [0.4, 0.5) is 0 Å². The molecule has 1 aliphatic rings. The highest BCUT2D eigenvalue weighted by atomic mass is 16.5. The number of ether oxygens (including phenoxy) is 1. The van der Waals surface area contributed by atoms with E-state index in [9.17, 15) is 4.79 Å². The fourth-order valence-electron chi connectivity index (χ4n) is 1.09. The summed E-state index contributed by atoms with van der Waals surface area (Å²) in [5, 5.41) is 0. The normalized spacial score (nSPS) is 29.2. The predicted octanol–water partition coefficient (Wildman–Crippen LogP) is 3.78. The Hall–Kier alpha value is -2.35. The number of carbonyl (C=O) groups excluding carboxylic acids is 1. The molecule has 0 fully saturated rings. The smallest absolute Gasteiger partial charge is 0.314 e. The van der Waals surface area contributed by atoms with Crippen LogP contribution in [0, 0.1) is 0 Å². The number of rotatable bonds is 0. The van der Waals surface area contributed by atoms with Crippen molar-refractivity contribution in [2.45, 2.75) is 6.42 Å². The van der Waals surface area contributed by atoms with Gasteiger partial charge in [-0.3, -0.25) is 4.79 Å². The Labute approximate surface area is 108 Å². The Morgan fingerprint density at radius 3 is 1.67 bits per heavy atom. The summed E-state index contributed by atoms with van der Waals surface area (Å²) >= 11 is 0. The van der Waals surface area contributed by atoms with Gasteiger partial charge in [0.05, 0.1) is 12.7 Å². The molecule has 0 radical (unpaired) electrons. The van der Waals surface area contributed by atoms with Crippen molar-refractivity contribution in [3.63, 3.8) is 0 Å². The Morgan fingerprint density at radius 1 is 0.667 bits per heavy atom. The maximum absolute atomic E-state index is 11.2. The van der Waals surface area contributed by atoms with Crippen molar-refractivity contribution in [1.82, 2.24) is 0 Å². The molecule has 0 aliphatic carbocycles. The third-order valence-electron chi connectivity index (χ3n) is 1.92. The zero-order valence-electron chi connectivity index (χ0n) is 10.1. The van der Waals surface area contributed by atoms with E-state index in [4.69, 9.17) is 4.74 Å². The summed E-state index contributed by atoms with van der Waals surface area (Å²) in [6.07, 6.45) is 25.9. The first-order chi connectivity index (χ1) is 8.89. The minimum absolute atomic E-state index is 0.266. The minimum Gasteiger partial charge on any atom is -0.434 e. The molecule has 0 atom stereocenters. The highest BCUT2D eigenvalue weighted by Crippen LogP contribution is 1.92. The number of cyclic esters (lactones) is 1. The van der Waals surface area contributed by atoms with Gasteiger partial charge in [0.1, 0.15) is 0 Å². The predicted molar refractivity (Wildman–Crippen MR) is 74.7 cm³/mol. The van der Waals surface area contributed by atoms with Crippen LogP contribution in [0.3, 0.4) is 0 Å². The molecular formula is C16H16O2. The van der Waals surface area contributed by atoms with E-state index in [1.165, 1.54) is 6.26 Å². The van der Waals surface area contributed by atoms with Crippen LogP contribution >= 0.6 is 0 Å². The van der Waals surface area contributed by atoms with E-state index >= 15 is 0 Å². The number of allylic oxidation sites excluding steroid dienone is 12. The third kappa shape index (κ3) is 7.88. The van der Waals surface area contributed by atoms with Gasteiger partial charge in [-0.25, -0.2) is 0 Å². The van der Waals surface area contributed by atoms with Crippen molar-refractivity contribution in [3.8, 4) is 0 Å². The Morgan fingerprint density at radius 2 is 1.11 bits per heavy atom. The highest BCUT2D eigenvalue weighted by Gasteiger charge is 1.94. The molecule has 0 saturated carbocycles. The number of carbonyl (C=O) groups is 1. The van der Waals surface area contributed by atoms with E-state index in [-0.39, 0.29) is 12.4 Å². The Bertz CT molecular complexity index is 404. The van der Waals surface area contributed by atoms with E-state index in [0.29, 0.717) is 0 Å². The summed E-state index contributed by atoms with van der Waals surface area (Å²) in [6, 6.07) is 0. The monoisotopic (exact) mass is 240 g/mol. The average Bonchev–Trinajstić information content (AvgIpc) is 2.37. The van der Waals surface area contributed by atoms with Crippen molar-refractivity contribution in [2.75, 3.05) is 0 Å². The van der Waals surface area contributed by atoms with Gasteiger partial charge in [0, 0.05) is 0 Å². The summed E-state index contributed by atoms with van der Waals surface area (Å²) in [6.45, 7) is 0. The van der Waals surface area contributed by atoms with E-state index in [1.54, 1.807) is 18.2 Å². The lowest BCUT2D eigenvalue weighted by Crippen LogP contribution is -1.96. The first kappa shape index (κ1) is 13.7. The molecule has 1 aliphatic heterocycles. The molecule has 0 saturated heterocycles. The van der Waals surface area contributed by atoms with E-state index in [2.05, 4.69) is 0 Å². The van der Waals surface area contributed by atoms with E-state index in [0.717, 1.165) is 0 Å². The number of hydrogen-bond donors (Lipinski definition) is 0. The molecule has 18 heavy (non-hydrogen) atoms. The van der Waals surface area contributed by atoms with Gasteiger partial charge in [-0.2, -0.15) is 0 Å². The molecule has 92 valence electrons. The maximum atomic E-state index is 11.2. The van der Waals surface area contributed by atoms with E-state index in [1.807, 2.05) is 60.8 Å². The van der Waals surface area contributed by atoms with Crippen molar-refractivity contribution < 1.29 is 9.53 Å². The molecule has 1 rings (SSSR count). The average molecular weight is 240 g/mol. The summed E-state index contributed by atoms with van der Waals surface area (Å²) in [7, 11) is 0. The van der Waals surface area contributed by atoms with Crippen molar-refractivity contribution in [1.29, 1.82) is 0 Å². The fraction of sp³-hybridized carbons (Fsp3) is 0.0625. The van der Waals surface area contributed by atoms with Gasteiger partial charge in [0.2, 0.25) is 0 Å². The summed E-state index contributed by atoms with van der Waals surface area (Å²) in [4.78, 5) is 11.2. The molecule has 1 heterocycles. The summed E-state index contributed by atoms with van der Waals surface area (Å²) in [5.74, 6) is -0.277. The fourth-order valence-corrected chi connectivity index (χ4v) is 1.09. The van der Waals surface area contributed by atoms with Gasteiger partial charge in [-0.1, -0.05) is 72.9 Å². The van der Waals surface area contributed by atoms with Gasteiger partial charge in [-0.05, 0) is 6.08 Å². The molecule has 2 heteroatoms. The van der Waals surface area contributed by atoms with Crippen LogP contribution in [0.2, 0.25) is 0 Å². The second-order valence-corrected chi connectivity index (χ2v) is 3.38. The molecule has 0 bridgehead atoms. The first-order valence-electron chi connectivity index (χ1n) is 5.74. The molecule has 0 N–H and O–H groups in total. The Balaban J connectivity index is 2.65. The zero-order valence-corrected chi connectivity index (χ0v) is 10.1. The van der Waals surface area contributed by atoms with Crippen LogP contribution in [-0.4, -0.2) is 5.97 Å².